The average Bonchev–Trinajstić information content (AvgIpc) is 3.00. The first kappa shape index (κ1) is 8.92. The van der Waals surface area contributed by atoms with Crippen molar-refractivity contribution < 1.29 is 0 Å². The van der Waals surface area contributed by atoms with Gasteiger partial charge in [-0.3, -0.25) is 4.40 Å². The van der Waals surface area contributed by atoms with Crippen LogP contribution >= 0.6 is 0 Å². The van der Waals surface area contributed by atoms with Crippen molar-refractivity contribution in [1.29, 1.82) is 0 Å². The van der Waals surface area contributed by atoms with E-state index in [9.17, 15) is 0 Å². The number of hydrogen-bond donors (Lipinski definition) is 1. The number of aromatic nitrogens is 2. The fraction of sp³-hybridized carbons (Fsp3) is 0.417. The van der Waals surface area contributed by atoms with Crippen molar-refractivity contribution in [1.82, 2.24) is 14.7 Å². The minimum absolute atomic E-state index is 0.700. The van der Waals surface area contributed by atoms with Gasteiger partial charge in [-0.1, -0.05) is 6.07 Å². The van der Waals surface area contributed by atoms with E-state index in [1.807, 2.05) is 13.2 Å². The first-order chi connectivity index (χ1) is 7.40. The van der Waals surface area contributed by atoms with Crippen LogP contribution in [0.25, 0.3) is 5.52 Å². The first-order valence-electron chi connectivity index (χ1n) is 5.50. The molecule has 1 N–H and O–H groups in total. The fourth-order valence-electron chi connectivity index (χ4n) is 2.09. The number of imidazole rings is 1. The molecular formula is C12H15N3. The summed E-state index contributed by atoms with van der Waals surface area (Å²) >= 11 is 0. The standard InChI is InChI=1S/C12H15N3/c1-13-7-10-3-2-4-11-8-14-12(15(10)11)9-5-6-9/h2-4,8-9,13H,5-7H2,1H3. The van der Waals surface area contributed by atoms with Gasteiger partial charge in [-0.2, -0.15) is 0 Å². The molecule has 3 rings (SSSR count). The van der Waals surface area contributed by atoms with Crippen LogP contribution in [0.15, 0.2) is 24.4 Å². The van der Waals surface area contributed by atoms with Crippen molar-refractivity contribution >= 4 is 5.52 Å². The molecule has 0 amide bonds. The van der Waals surface area contributed by atoms with E-state index in [4.69, 9.17) is 0 Å². The van der Waals surface area contributed by atoms with Crippen LogP contribution in [0.2, 0.25) is 0 Å². The van der Waals surface area contributed by atoms with Gasteiger partial charge in [0.05, 0.1) is 11.7 Å². The van der Waals surface area contributed by atoms with Crippen molar-refractivity contribution in [3.05, 3.63) is 35.9 Å². The molecule has 1 fully saturated rings. The van der Waals surface area contributed by atoms with E-state index in [1.54, 1.807) is 0 Å². The Bertz CT molecular complexity index is 483. The zero-order chi connectivity index (χ0) is 10.3. The first-order valence-corrected chi connectivity index (χ1v) is 5.50. The van der Waals surface area contributed by atoms with Crippen LogP contribution in [0.3, 0.4) is 0 Å². The number of nitrogens with zero attached hydrogens (tertiary/aromatic N) is 2. The number of rotatable bonds is 3. The van der Waals surface area contributed by atoms with Crippen LogP contribution in [0, 0.1) is 0 Å². The minimum Gasteiger partial charge on any atom is -0.314 e. The van der Waals surface area contributed by atoms with E-state index >= 15 is 0 Å². The molecule has 15 heavy (non-hydrogen) atoms. The lowest BCUT2D eigenvalue weighted by Gasteiger charge is -2.07. The molecule has 0 saturated heterocycles. The van der Waals surface area contributed by atoms with Crippen molar-refractivity contribution in [2.45, 2.75) is 25.3 Å². The van der Waals surface area contributed by atoms with Crippen molar-refractivity contribution in [2.75, 3.05) is 7.05 Å². The van der Waals surface area contributed by atoms with E-state index in [0.29, 0.717) is 5.92 Å². The Morgan fingerprint density at radius 1 is 1.47 bits per heavy atom. The Morgan fingerprint density at radius 3 is 3.07 bits per heavy atom. The molecule has 1 saturated carbocycles. The van der Waals surface area contributed by atoms with E-state index in [-0.39, 0.29) is 0 Å². The van der Waals surface area contributed by atoms with Crippen molar-refractivity contribution in [3.63, 3.8) is 0 Å². The molecule has 0 bridgehead atoms. The van der Waals surface area contributed by atoms with Gasteiger partial charge in [0.15, 0.2) is 0 Å². The highest BCUT2D eigenvalue weighted by atomic mass is 15.1. The Kier molecular flexibility index (Phi) is 1.99. The summed E-state index contributed by atoms with van der Waals surface area (Å²) in [6.45, 7) is 0.896. The Morgan fingerprint density at radius 2 is 2.33 bits per heavy atom. The molecule has 2 aromatic heterocycles. The van der Waals surface area contributed by atoms with Gasteiger partial charge in [0.1, 0.15) is 5.82 Å². The van der Waals surface area contributed by atoms with Crippen LogP contribution in [0.5, 0.6) is 0 Å². The second kappa shape index (κ2) is 3.35. The molecule has 0 aromatic carbocycles. The molecule has 0 unspecified atom stereocenters. The number of pyridine rings is 1. The number of hydrogen-bond acceptors (Lipinski definition) is 2. The van der Waals surface area contributed by atoms with Crippen molar-refractivity contribution in [3.8, 4) is 0 Å². The molecule has 1 aliphatic rings. The number of nitrogens with one attached hydrogen (secondary N) is 1. The third-order valence-corrected chi connectivity index (χ3v) is 2.96. The number of fused-ring (bicyclic) bond motifs is 1. The fourth-order valence-corrected chi connectivity index (χ4v) is 2.09. The summed E-state index contributed by atoms with van der Waals surface area (Å²) in [6.07, 6.45) is 4.58. The van der Waals surface area contributed by atoms with Crippen LogP contribution < -0.4 is 5.32 Å². The second-order valence-corrected chi connectivity index (χ2v) is 4.20. The molecule has 3 nitrogen and oxygen atoms in total. The van der Waals surface area contributed by atoms with Gasteiger partial charge in [-0.05, 0) is 32.0 Å². The molecule has 0 spiro atoms. The average molecular weight is 201 g/mol. The summed E-state index contributed by atoms with van der Waals surface area (Å²) in [5.41, 5.74) is 2.51. The monoisotopic (exact) mass is 201 g/mol. The predicted molar refractivity (Wildman–Crippen MR) is 59.9 cm³/mol. The van der Waals surface area contributed by atoms with Crippen LogP contribution in [0.4, 0.5) is 0 Å². The van der Waals surface area contributed by atoms with Crippen LogP contribution in [-0.4, -0.2) is 16.4 Å². The van der Waals surface area contributed by atoms with E-state index in [1.165, 1.54) is 29.9 Å². The maximum atomic E-state index is 4.54. The molecule has 2 heterocycles. The topological polar surface area (TPSA) is 29.3 Å². The Balaban J connectivity index is 2.19. The predicted octanol–water partition coefficient (Wildman–Crippen LogP) is 1.93. The summed E-state index contributed by atoms with van der Waals surface area (Å²) in [5.74, 6) is 1.95. The molecule has 78 valence electrons. The quantitative estimate of drug-likeness (QED) is 0.822. The van der Waals surface area contributed by atoms with Gasteiger partial charge < -0.3 is 5.32 Å². The summed E-state index contributed by atoms with van der Waals surface area (Å²) in [5, 5.41) is 3.20. The Labute approximate surface area is 89.1 Å². The summed E-state index contributed by atoms with van der Waals surface area (Å²) < 4.78 is 2.30. The molecule has 3 heteroatoms. The largest absolute Gasteiger partial charge is 0.314 e. The SMILES string of the molecule is CNCc1cccc2cnc(C3CC3)n12. The molecule has 0 radical (unpaired) electrons. The van der Waals surface area contributed by atoms with Gasteiger partial charge in [0.25, 0.3) is 0 Å². The highest BCUT2D eigenvalue weighted by Gasteiger charge is 2.28. The molecule has 1 aliphatic carbocycles. The summed E-state index contributed by atoms with van der Waals surface area (Å²) in [4.78, 5) is 4.54. The van der Waals surface area contributed by atoms with Crippen LogP contribution in [-0.2, 0) is 6.54 Å². The molecular weight excluding hydrogens is 186 g/mol. The maximum Gasteiger partial charge on any atom is 0.116 e. The highest BCUT2D eigenvalue weighted by molar-refractivity contribution is 5.48. The van der Waals surface area contributed by atoms with E-state index in [2.05, 4.69) is 32.9 Å². The molecule has 0 atom stereocenters. The lowest BCUT2D eigenvalue weighted by molar-refractivity contribution is 0.758. The molecule has 2 aromatic rings. The lowest BCUT2D eigenvalue weighted by Crippen LogP contribution is -2.10. The van der Waals surface area contributed by atoms with Gasteiger partial charge in [0, 0.05) is 18.2 Å². The van der Waals surface area contributed by atoms with E-state index < -0.39 is 0 Å². The zero-order valence-electron chi connectivity index (χ0n) is 8.90. The maximum absolute atomic E-state index is 4.54. The second-order valence-electron chi connectivity index (χ2n) is 4.20. The lowest BCUT2D eigenvalue weighted by atomic mass is 10.3. The summed E-state index contributed by atoms with van der Waals surface area (Å²) in [7, 11) is 1.98. The molecule has 0 aliphatic heterocycles. The normalized spacial score (nSPS) is 16.1. The summed E-state index contributed by atoms with van der Waals surface area (Å²) in [6, 6.07) is 6.38. The van der Waals surface area contributed by atoms with Gasteiger partial charge >= 0.3 is 0 Å². The van der Waals surface area contributed by atoms with Gasteiger partial charge in [-0.15, -0.1) is 0 Å². The third-order valence-electron chi connectivity index (χ3n) is 2.96. The zero-order valence-corrected chi connectivity index (χ0v) is 8.90. The smallest absolute Gasteiger partial charge is 0.116 e. The van der Waals surface area contributed by atoms with E-state index in [0.717, 1.165) is 6.54 Å². The van der Waals surface area contributed by atoms with Gasteiger partial charge in [-0.25, -0.2) is 4.98 Å². The minimum atomic E-state index is 0.700. The van der Waals surface area contributed by atoms with Gasteiger partial charge in [0.2, 0.25) is 0 Å². The third kappa shape index (κ3) is 1.43. The van der Waals surface area contributed by atoms with Crippen molar-refractivity contribution in [2.24, 2.45) is 0 Å². The van der Waals surface area contributed by atoms with Crippen LogP contribution in [0.1, 0.15) is 30.3 Å². The Hall–Kier alpha value is -1.35. The highest BCUT2D eigenvalue weighted by Crippen LogP contribution is 2.39.